The number of H-pyrrole nitrogens is 1. The van der Waals surface area contributed by atoms with Crippen LogP contribution in [0.1, 0.15) is 36.9 Å². The van der Waals surface area contributed by atoms with Gasteiger partial charge in [-0.3, -0.25) is 4.79 Å². The number of rotatable bonds is 7. The summed E-state index contributed by atoms with van der Waals surface area (Å²) in [7, 11) is 1.63. The molecule has 1 aromatic heterocycles. The number of urea groups is 1. The molecule has 1 unspecified atom stereocenters. The fourth-order valence-corrected chi connectivity index (χ4v) is 3.41. The highest BCUT2D eigenvalue weighted by atomic mass is 16.5. The lowest BCUT2D eigenvalue weighted by Gasteiger charge is -2.15. The van der Waals surface area contributed by atoms with Gasteiger partial charge in [-0.15, -0.1) is 0 Å². The Labute approximate surface area is 175 Å². The number of fused-ring (bicyclic) bond motifs is 1. The number of anilines is 1. The molecule has 0 aliphatic heterocycles. The van der Waals surface area contributed by atoms with Gasteiger partial charge in [0.05, 0.1) is 19.6 Å². The van der Waals surface area contributed by atoms with E-state index >= 15 is 0 Å². The number of ether oxygens (including phenoxy) is 1. The minimum absolute atomic E-state index is 0.0581. The summed E-state index contributed by atoms with van der Waals surface area (Å²) < 4.78 is 5.28. The summed E-state index contributed by atoms with van der Waals surface area (Å²) in [6.07, 6.45) is 4.24. The topological polar surface area (TPSA) is 95.2 Å². The molecule has 7 heteroatoms. The molecule has 1 aliphatic carbocycles. The monoisotopic (exact) mass is 406 g/mol. The molecule has 3 amide bonds. The van der Waals surface area contributed by atoms with Crippen LogP contribution in [0.5, 0.6) is 5.75 Å². The molecule has 4 rings (SSSR count). The van der Waals surface area contributed by atoms with Gasteiger partial charge >= 0.3 is 6.03 Å². The number of nitrogens with one attached hydrogen (secondary N) is 4. The van der Waals surface area contributed by atoms with Gasteiger partial charge in [0.2, 0.25) is 5.91 Å². The Kier molecular flexibility index (Phi) is 5.61. The van der Waals surface area contributed by atoms with Gasteiger partial charge in [0, 0.05) is 28.8 Å². The van der Waals surface area contributed by atoms with Crippen LogP contribution in [0.25, 0.3) is 10.9 Å². The first-order valence-corrected chi connectivity index (χ1v) is 10.1. The first kappa shape index (κ1) is 19.8. The van der Waals surface area contributed by atoms with Crippen LogP contribution in [-0.4, -0.2) is 30.1 Å². The van der Waals surface area contributed by atoms with Crippen molar-refractivity contribution in [2.45, 2.75) is 38.3 Å². The van der Waals surface area contributed by atoms with Gasteiger partial charge in [0.1, 0.15) is 5.75 Å². The summed E-state index contributed by atoms with van der Waals surface area (Å²) in [6, 6.07) is 13.3. The second-order valence-electron chi connectivity index (χ2n) is 7.69. The van der Waals surface area contributed by atoms with Crippen molar-refractivity contribution in [3.63, 3.8) is 0 Å². The molecule has 0 bridgehead atoms. The van der Waals surface area contributed by atoms with Gasteiger partial charge in [0.25, 0.3) is 0 Å². The largest absolute Gasteiger partial charge is 0.497 e. The molecule has 3 aromatic rings. The van der Waals surface area contributed by atoms with Crippen molar-refractivity contribution in [3.05, 3.63) is 59.8 Å². The zero-order valence-electron chi connectivity index (χ0n) is 17.1. The molecule has 7 nitrogen and oxygen atoms in total. The minimum Gasteiger partial charge on any atom is -0.497 e. The maximum absolute atomic E-state index is 12.6. The average molecular weight is 406 g/mol. The average Bonchev–Trinajstić information content (AvgIpc) is 3.46. The lowest BCUT2D eigenvalue weighted by atomic mass is 10.1. The standard InChI is InChI=1S/C23H26N4O3/c1-14(15-3-5-17(6-4-15)26-23(29)27-18-7-8-18)25-22(28)11-16-13-24-21-10-9-19(30-2)12-20(16)21/h3-6,9-10,12-14,18,24H,7-8,11H2,1-2H3,(H,25,28)(H2,26,27,29). The number of aromatic amines is 1. The molecule has 0 saturated heterocycles. The van der Waals surface area contributed by atoms with Crippen molar-refractivity contribution in [2.24, 2.45) is 0 Å². The van der Waals surface area contributed by atoms with Gasteiger partial charge in [0.15, 0.2) is 0 Å². The summed E-state index contributed by atoms with van der Waals surface area (Å²) in [6.45, 7) is 1.94. The molecule has 2 aromatic carbocycles. The Balaban J connectivity index is 1.34. The van der Waals surface area contributed by atoms with Gasteiger partial charge in [-0.25, -0.2) is 4.79 Å². The van der Waals surface area contributed by atoms with E-state index in [-0.39, 0.29) is 24.4 Å². The third kappa shape index (κ3) is 4.74. The van der Waals surface area contributed by atoms with Gasteiger partial charge in [-0.05, 0) is 61.2 Å². The molecule has 0 radical (unpaired) electrons. The smallest absolute Gasteiger partial charge is 0.319 e. The van der Waals surface area contributed by atoms with E-state index in [1.807, 2.05) is 55.6 Å². The predicted octanol–water partition coefficient (Wildman–Crippen LogP) is 3.88. The van der Waals surface area contributed by atoms with Gasteiger partial charge in [-0.2, -0.15) is 0 Å². The van der Waals surface area contributed by atoms with Crippen LogP contribution in [0.2, 0.25) is 0 Å². The zero-order valence-corrected chi connectivity index (χ0v) is 17.1. The van der Waals surface area contributed by atoms with E-state index in [0.29, 0.717) is 6.04 Å². The number of methoxy groups -OCH3 is 1. The fourth-order valence-electron chi connectivity index (χ4n) is 3.41. The van der Waals surface area contributed by atoms with Gasteiger partial charge < -0.3 is 25.7 Å². The lowest BCUT2D eigenvalue weighted by Crippen LogP contribution is -2.30. The van der Waals surface area contributed by atoms with E-state index in [0.717, 1.165) is 46.3 Å². The van der Waals surface area contributed by atoms with E-state index in [1.165, 1.54) is 0 Å². The molecule has 156 valence electrons. The van der Waals surface area contributed by atoms with Gasteiger partial charge in [-0.1, -0.05) is 12.1 Å². The molecule has 30 heavy (non-hydrogen) atoms. The van der Waals surface area contributed by atoms with Crippen molar-refractivity contribution in [1.29, 1.82) is 0 Å². The van der Waals surface area contributed by atoms with Crippen LogP contribution < -0.4 is 20.7 Å². The predicted molar refractivity (Wildman–Crippen MR) is 117 cm³/mol. The summed E-state index contributed by atoms with van der Waals surface area (Å²) in [5.41, 5.74) is 3.59. The maximum Gasteiger partial charge on any atom is 0.319 e. The van der Waals surface area contributed by atoms with Crippen LogP contribution in [0.4, 0.5) is 10.5 Å². The van der Waals surface area contributed by atoms with E-state index in [1.54, 1.807) is 7.11 Å². The molecule has 1 fully saturated rings. The third-order valence-electron chi connectivity index (χ3n) is 5.28. The SMILES string of the molecule is COc1ccc2[nH]cc(CC(=O)NC(C)c3ccc(NC(=O)NC4CC4)cc3)c2c1. The summed E-state index contributed by atoms with van der Waals surface area (Å²) in [5, 5.41) is 9.74. The first-order chi connectivity index (χ1) is 14.5. The third-order valence-corrected chi connectivity index (χ3v) is 5.28. The Hall–Kier alpha value is -3.48. The highest BCUT2D eigenvalue weighted by Gasteiger charge is 2.23. The van der Waals surface area contributed by atoms with Crippen LogP contribution in [0.3, 0.4) is 0 Å². The normalized spacial score (nSPS) is 14.2. The van der Waals surface area contributed by atoms with E-state index in [9.17, 15) is 9.59 Å². The molecule has 1 heterocycles. The molecular formula is C23H26N4O3. The molecule has 0 spiro atoms. The molecule has 4 N–H and O–H groups in total. The number of carbonyl (C=O) groups is 2. The van der Waals surface area contributed by atoms with Crippen LogP contribution in [0.15, 0.2) is 48.7 Å². The summed E-state index contributed by atoms with van der Waals surface area (Å²) in [5.74, 6) is 0.703. The molecule has 1 aliphatic rings. The maximum atomic E-state index is 12.6. The number of hydrogen-bond acceptors (Lipinski definition) is 3. The second kappa shape index (κ2) is 8.49. The van der Waals surface area contributed by atoms with Crippen molar-refractivity contribution in [1.82, 2.24) is 15.6 Å². The van der Waals surface area contributed by atoms with E-state index < -0.39 is 0 Å². The van der Waals surface area contributed by atoms with Crippen LogP contribution >= 0.6 is 0 Å². The molecular weight excluding hydrogens is 380 g/mol. The van der Waals surface area contributed by atoms with Crippen LogP contribution in [-0.2, 0) is 11.2 Å². The number of carbonyl (C=O) groups excluding carboxylic acids is 2. The number of benzene rings is 2. The van der Waals surface area contributed by atoms with E-state index in [2.05, 4.69) is 20.9 Å². The van der Waals surface area contributed by atoms with Crippen molar-refractivity contribution in [2.75, 3.05) is 12.4 Å². The van der Waals surface area contributed by atoms with E-state index in [4.69, 9.17) is 4.74 Å². The summed E-state index contributed by atoms with van der Waals surface area (Å²) >= 11 is 0. The second-order valence-corrected chi connectivity index (χ2v) is 7.69. The zero-order chi connectivity index (χ0) is 21.1. The van der Waals surface area contributed by atoms with Crippen LogP contribution in [0, 0.1) is 0 Å². The molecule has 1 atom stereocenters. The quantitative estimate of drug-likeness (QED) is 0.479. The fraction of sp³-hybridized carbons (Fsp3) is 0.304. The number of aromatic nitrogens is 1. The highest BCUT2D eigenvalue weighted by Crippen LogP contribution is 2.24. The Bertz CT molecular complexity index is 1050. The number of amides is 3. The Morgan fingerprint density at radius 3 is 2.63 bits per heavy atom. The van der Waals surface area contributed by atoms with Crippen molar-refractivity contribution < 1.29 is 14.3 Å². The lowest BCUT2D eigenvalue weighted by molar-refractivity contribution is -0.121. The number of hydrogen-bond donors (Lipinski definition) is 4. The van der Waals surface area contributed by atoms with Crippen molar-refractivity contribution >= 4 is 28.5 Å². The Morgan fingerprint density at radius 2 is 1.93 bits per heavy atom. The minimum atomic E-state index is -0.179. The summed E-state index contributed by atoms with van der Waals surface area (Å²) in [4.78, 5) is 27.6. The van der Waals surface area contributed by atoms with Crippen molar-refractivity contribution in [3.8, 4) is 5.75 Å². The molecule has 1 saturated carbocycles. The first-order valence-electron chi connectivity index (χ1n) is 10.1. The highest BCUT2D eigenvalue weighted by molar-refractivity contribution is 5.90. The Morgan fingerprint density at radius 1 is 1.17 bits per heavy atom.